The molecule has 0 radical (unpaired) electrons. The first-order valence-electron chi connectivity index (χ1n) is 14.1. The van der Waals surface area contributed by atoms with Crippen LogP contribution in [0.2, 0.25) is 0 Å². The van der Waals surface area contributed by atoms with E-state index in [0.29, 0.717) is 19.6 Å². The Kier molecular flexibility index (Phi) is 15.4. The van der Waals surface area contributed by atoms with Crippen molar-refractivity contribution >= 4 is 17.7 Å². The van der Waals surface area contributed by atoms with Crippen molar-refractivity contribution < 1.29 is 28.9 Å². The molecule has 0 unspecified atom stereocenters. The van der Waals surface area contributed by atoms with Crippen LogP contribution in [0.15, 0.2) is 103 Å². The second kappa shape index (κ2) is 20.2. The Balaban J connectivity index is 1.37. The molecule has 228 valence electrons. The van der Waals surface area contributed by atoms with Crippen molar-refractivity contribution in [2.24, 2.45) is 0 Å². The molecule has 4 N–H and O–H groups in total. The Morgan fingerprint density at radius 1 is 0.558 bits per heavy atom. The number of hydrogen-bond donors (Lipinski definition) is 4. The normalized spacial score (nSPS) is 10.7. The second-order valence-corrected chi connectivity index (χ2v) is 9.45. The highest BCUT2D eigenvalue weighted by atomic mass is 16.7. The number of rotatable bonds is 20. The third-order valence-corrected chi connectivity index (χ3v) is 5.95. The number of hydrogen-bond acceptors (Lipinski definition) is 8. The van der Waals surface area contributed by atoms with Crippen LogP contribution in [-0.2, 0) is 48.7 Å². The van der Waals surface area contributed by atoms with Crippen molar-refractivity contribution in [3.8, 4) is 0 Å². The molecule has 0 atom stereocenters. The smallest absolute Gasteiger partial charge is 0.245 e. The van der Waals surface area contributed by atoms with E-state index < -0.39 is 0 Å². The highest BCUT2D eigenvalue weighted by Gasteiger charge is 2.09. The number of carbonyl (C=O) groups excluding carboxylic acids is 3. The van der Waals surface area contributed by atoms with Gasteiger partial charge in [-0.2, -0.15) is 0 Å². The molecule has 3 rings (SSSR count). The molecule has 0 spiro atoms. The summed E-state index contributed by atoms with van der Waals surface area (Å²) in [5, 5.41) is 3.05. The molecule has 3 aromatic rings. The van der Waals surface area contributed by atoms with E-state index in [4.69, 9.17) is 14.5 Å². The van der Waals surface area contributed by atoms with Crippen LogP contribution in [-0.4, -0.2) is 42.3 Å². The predicted octanol–water partition coefficient (Wildman–Crippen LogP) is 3.26. The van der Waals surface area contributed by atoms with E-state index in [1.165, 1.54) is 0 Å². The van der Waals surface area contributed by atoms with Gasteiger partial charge in [0.2, 0.25) is 17.7 Å². The molecule has 0 aliphatic rings. The van der Waals surface area contributed by atoms with Gasteiger partial charge in [-0.15, -0.1) is 0 Å². The van der Waals surface area contributed by atoms with Crippen molar-refractivity contribution in [1.82, 2.24) is 26.7 Å². The van der Waals surface area contributed by atoms with Crippen molar-refractivity contribution in [3.05, 3.63) is 120 Å². The molecule has 0 saturated carbocycles. The maximum Gasteiger partial charge on any atom is 0.245 e. The monoisotopic (exact) mass is 589 g/mol. The Hall–Kier alpha value is -4.71. The second-order valence-electron chi connectivity index (χ2n) is 9.45. The third kappa shape index (κ3) is 15.2. The van der Waals surface area contributed by atoms with Crippen molar-refractivity contribution in [3.63, 3.8) is 0 Å². The van der Waals surface area contributed by atoms with Crippen LogP contribution >= 0.6 is 0 Å². The fraction of sp³-hybridized carbons (Fsp3) is 0.281. The summed E-state index contributed by atoms with van der Waals surface area (Å²) in [6.45, 7) is 1.84. The quantitative estimate of drug-likeness (QED) is 0.117. The molecule has 0 heterocycles. The molecule has 0 aliphatic carbocycles. The maximum absolute atomic E-state index is 12.3. The van der Waals surface area contributed by atoms with Crippen LogP contribution in [0.1, 0.15) is 36.0 Å². The van der Waals surface area contributed by atoms with Crippen LogP contribution < -0.4 is 21.8 Å². The lowest BCUT2D eigenvalue weighted by Crippen LogP contribution is -2.32. The number of nitrogens with zero attached hydrogens (tertiary/aromatic N) is 1. The Morgan fingerprint density at radius 2 is 0.930 bits per heavy atom. The minimum atomic E-state index is -0.287. The van der Waals surface area contributed by atoms with Gasteiger partial charge in [0.25, 0.3) is 0 Å². The first-order chi connectivity index (χ1) is 21.1. The number of hydroxylamine groups is 3. The van der Waals surface area contributed by atoms with Gasteiger partial charge in [-0.3, -0.25) is 28.9 Å². The van der Waals surface area contributed by atoms with Gasteiger partial charge in [-0.25, -0.2) is 16.4 Å². The summed E-state index contributed by atoms with van der Waals surface area (Å²) in [4.78, 5) is 54.3. The van der Waals surface area contributed by atoms with Gasteiger partial charge in [-0.05, 0) is 16.7 Å². The summed E-state index contributed by atoms with van der Waals surface area (Å²) in [7, 11) is 0. The summed E-state index contributed by atoms with van der Waals surface area (Å²) in [5.41, 5.74) is 10.2. The molecule has 3 aromatic carbocycles. The van der Waals surface area contributed by atoms with Gasteiger partial charge < -0.3 is 10.2 Å². The molecule has 0 fully saturated rings. The molecule has 0 bridgehead atoms. The molecular weight excluding hydrogens is 550 g/mol. The van der Waals surface area contributed by atoms with Gasteiger partial charge >= 0.3 is 0 Å². The van der Waals surface area contributed by atoms with E-state index in [1.54, 1.807) is 12.4 Å². The van der Waals surface area contributed by atoms with Crippen LogP contribution in [0, 0.1) is 0 Å². The van der Waals surface area contributed by atoms with E-state index in [2.05, 4.69) is 21.8 Å². The molecule has 0 saturated heterocycles. The fourth-order valence-corrected chi connectivity index (χ4v) is 3.65. The molecule has 11 nitrogen and oxygen atoms in total. The molecule has 0 aromatic heterocycles. The number of benzene rings is 3. The summed E-state index contributed by atoms with van der Waals surface area (Å²) in [5.74, 6) is -0.830. The van der Waals surface area contributed by atoms with Crippen LogP contribution in [0.4, 0.5) is 0 Å². The lowest BCUT2D eigenvalue weighted by molar-refractivity contribution is -0.135. The van der Waals surface area contributed by atoms with E-state index in [9.17, 15) is 14.4 Å². The van der Waals surface area contributed by atoms with Gasteiger partial charge in [0.15, 0.2) is 0 Å². The first kappa shape index (κ1) is 32.8. The molecule has 0 aliphatic heterocycles. The third-order valence-electron chi connectivity index (χ3n) is 5.95. The Labute approximate surface area is 252 Å². The van der Waals surface area contributed by atoms with Crippen LogP contribution in [0.25, 0.3) is 0 Å². The summed E-state index contributed by atoms with van der Waals surface area (Å²) in [6, 6.07) is 28.6. The Morgan fingerprint density at radius 3 is 1.33 bits per heavy atom. The zero-order valence-corrected chi connectivity index (χ0v) is 24.1. The number of carbonyl (C=O) groups is 3. The molecule has 3 amide bonds. The van der Waals surface area contributed by atoms with Crippen molar-refractivity contribution in [2.75, 3.05) is 19.6 Å². The topological polar surface area (TPSA) is 130 Å². The Bertz CT molecular complexity index is 1180. The first-order valence-corrected chi connectivity index (χ1v) is 14.1. The molecule has 43 heavy (non-hydrogen) atoms. The predicted molar refractivity (Wildman–Crippen MR) is 161 cm³/mol. The van der Waals surface area contributed by atoms with Gasteiger partial charge in [0.1, 0.15) is 0 Å². The van der Waals surface area contributed by atoms with Crippen LogP contribution in [0.3, 0.4) is 0 Å². The zero-order chi connectivity index (χ0) is 30.4. The van der Waals surface area contributed by atoms with Crippen molar-refractivity contribution in [2.45, 2.75) is 39.1 Å². The average molecular weight is 590 g/mol. The average Bonchev–Trinajstić information content (AvgIpc) is 3.03. The SMILES string of the molecule is O=C(CCN/C=C/N(CCC(=O)NOCc1ccccc1)CCC(=O)NOCc1ccccc1)NOCc1ccccc1. The lowest BCUT2D eigenvalue weighted by Gasteiger charge is -2.20. The summed E-state index contributed by atoms with van der Waals surface area (Å²) >= 11 is 0. The van der Waals surface area contributed by atoms with Crippen LogP contribution in [0.5, 0.6) is 0 Å². The zero-order valence-electron chi connectivity index (χ0n) is 24.1. The molecule has 11 heteroatoms. The maximum atomic E-state index is 12.3. The van der Waals surface area contributed by atoms with Crippen molar-refractivity contribution in [1.29, 1.82) is 0 Å². The van der Waals surface area contributed by atoms with E-state index >= 15 is 0 Å². The standard InChI is InChI=1S/C32H39N5O6/c38-30(34-41-24-27-10-4-1-5-11-27)16-19-33-20-23-37(21-17-31(39)35-42-25-28-12-6-2-7-13-28)22-18-32(40)36-43-26-29-14-8-3-9-15-29/h1-15,20,23,33H,16-19,21-22,24-26H2,(H,34,38)(H,35,39)(H,36,40)/b23-20+. The fourth-order valence-electron chi connectivity index (χ4n) is 3.65. The highest BCUT2D eigenvalue weighted by Crippen LogP contribution is 2.02. The van der Waals surface area contributed by atoms with E-state index in [1.807, 2.05) is 95.9 Å². The number of nitrogens with one attached hydrogen (secondary N) is 4. The minimum Gasteiger partial charge on any atom is -0.389 e. The lowest BCUT2D eigenvalue weighted by atomic mass is 10.2. The van der Waals surface area contributed by atoms with E-state index in [-0.39, 0.29) is 56.8 Å². The van der Waals surface area contributed by atoms with Gasteiger partial charge in [-0.1, -0.05) is 91.0 Å². The largest absolute Gasteiger partial charge is 0.389 e. The minimum absolute atomic E-state index is 0.145. The number of amides is 3. The van der Waals surface area contributed by atoms with Gasteiger partial charge in [0.05, 0.1) is 19.8 Å². The van der Waals surface area contributed by atoms with Gasteiger partial charge in [0, 0.05) is 51.3 Å². The summed E-state index contributed by atoms with van der Waals surface area (Å²) in [6.07, 6.45) is 3.89. The highest BCUT2D eigenvalue weighted by molar-refractivity contribution is 5.75. The van der Waals surface area contributed by atoms with E-state index in [0.717, 1.165) is 16.7 Å². The molecular formula is C32H39N5O6. The summed E-state index contributed by atoms with van der Waals surface area (Å²) < 4.78 is 0.